The van der Waals surface area contributed by atoms with E-state index in [0.29, 0.717) is 11.3 Å². The molecule has 0 aliphatic rings. The summed E-state index contributed by atoms with van der Waals surface area (Å²) in [7, 11) is 1.48. The zero-order valence-corrected chi connectivity index (χ0v) is 13.1. The Morgan fingerprint density at radius 3 is 2.27 bits per heavy atom. The van der Waals surface area contributed by atoms with Crippen LogP contribution in [0.3, 0.4) is 0 Å². The maximum atomic E-state index is 14.8. The van der Waals surface area contributed by atoms with Crippen LogP contribution < -0.4 is 9.47 Å². The Morgan fingerprint density at radius 1 is 1.05 bits per heavy atom. The third-order valence-electron chi connectivity index (χ3n) is 3.60. The van der Waals surface area contributed by atoms with Gasteiger partial charge >= 0.3 is 0 Å². The second-order valence-electron chi connectivity index (χ2n) is 5.77. The van der Waals surface area contributed by atoms with Crippen LogP contribution in [0.15, 0.2) is 42.5 Å². The van der Waals surface area contributed by atoms with Gasteiger partial charge in [-0.1, -0.05) is 44.2 Å². The molecule has 0 atom stereocenters. The van der Waals surface area contributed by atoms with Crippen molar-refractivity contribution in [1.82, 2.24) is 0 Å². The van der Waals surface area contributed by atoms with E-state index in [1.807, 2.05) is 30.3 Å². The molecule has 0 saturated carbocycles. The number of ether oxygens (including phenoxy) is 2. The Bertz CT molecular complexity index is 624. The Balaban J connectivity index is 2.32. The third kappa shape index (κ3) is 3.39. The van der Waals surface area contributed by atoms with Crippen LogP contribution in [0.25, 0.3) is 0 Å². The Labute approximate surface area is 130 Å². The monoisotopic (exact) mass is 304 g/mol. The molecule has 118 valence electrons. The molecule has 2 rings (SSSR count). The van der Waals surface area contributed by atoms with E-state index in [1.54, 1.807) is 26.0 Å². The van der Waals surface area contributed by atoms with Gasteiger partial charge in [-0.3, -0.25) is 0 Å². The van der Waals surface area contributed by atoms with E-state index in [1.165, 1.54) is 7.11 Å². The van der Waals surface area contributed by atoms with E-state index in [-0.39, 0.29) is 19.0 Å². The van der Waals surface area contributed by atoms with Crippen molar-refractivity contribution in [1.29, 1.82) is 0 Å². The molecule has 0 spiro atoms. The Kier molecular flexibility index (Phi) is 5.03. The highest BCUT2D eigenvalue weighted by Gasteiger charge is 2.29. The highest BCUT2D eigenvalue weighted by atomic mass is 19.1. The summed E-state index contributed by atoms with van der Waals surface area (Å²) in [6, 6.07) is 12.8. The highest BCUT2D eigenvalue weighted by Crippen LogP contribution is 2.38. The average molecular weight is 304 g/mol. The van der Waals surface area contributed by atoms with E-state index in [4.69, 9.17) is 9.47 Å². The first-order valence-electron chi connectivity index (χ1n) is 7.14. The average Bonchev–Trinajstić information content (AvgIpc) is 2.54. The predicted octanol–water partition coefficient (Wildman–Crippen LogP) is 3.68. The first kappa shape index (κ1) is 16.3. The molecule has 3 nitrogen and oxygen atoms in total. The van der Waals surface area contributed by atoms with Gasteiger partial charge in [-0.15, -0.1) is 0 Å². The van der Waals surface area contributed by atoms with Crippen LogP contribution in [0.1, 0.15) is 25.0 Å². The minimum Gasteiger partial charge on any atom is -0.496 e. The highest BCUT2D eigenvalue weighted by molar-refractivity contribution is 5.46. The third-order valence-corrected chi connectivity index (χ3v) is 3.60. The fraction of sp³-hybridized carbons (Fsp3) is 0.333. The van der Waals surface area contributed by atoms with Gasteiger partial charge in [0.05, 0.1) is 13.7 Å². The number of rotatable bonds is 6. The Morgan fingerprint density at radius 2 is 1.68 bits per heavy atom. The van der Waals surface area contributed by atoms with Crippen molar-refractivity contribution < 1.29 is 19.0 Å². The van der Waals surface area contributed by atoms with Crippen LogP contribution in [0.4, 0.5) is 4.39 Å². The molecule has 0 unspecified atom stereocenters. The van der Waals surface area contributed by atoms with Crippen molar-refractivity contribution in [3.8, 4) is 11.5 Å². The van der Waals surface area contributed by atoms with E-state index in [0.717, 1.165) is 5.56 Å². The molecule has 0 aromatic heterocycles. The van der Waals surface area contributed by atoms with Gasteiger partial charge in [0.25, 0.3) is 0 Å². The van der Waals surface area contributed by atoms with E-state index in [9.17, 15) is 9.50 Å². The molecule has 0 fully saturated rings. The van der Waals surface area contributed by atoms with E-state index >= 15 is 0 Å². The number of halogens is 1. The minimum atomic E-state index is -0.762. The number of aliphatic hydroxyl groups is 1. The molecule has 0 saturated heterocycles. The van der Waals surface area contributed by atoms with Crippen molar-refractivity contribution in [2.75, 3.05) is 13.7 Å². The molecule has 4 heteroatoms. The molecule has 0 aliphatic heterocycles. The lowest BCUT2D eigenvalue weighted by Gasteiger charge is -2.26. The first-order chi connectivity index (χ1) is 10.5. The van der Waals surface area contributed by atoms with Gasteiger partial charge in [0.1, 0.15) is 12.4 Å². The SMILES string of the molecule is COc1ccc(OCc2ccccc2)c(F)c1C(C)(C)CO. The van der Waals surface area contributed by atoms with Crippen molar-refractivity contribution in [3.05, 3.63) is 59.4 Å². The molecule has 0 aliphatic carbocycles. The lowest BCUT2D eigenvalue weighted by atomic mass is 9.84. The van der Waals surface area contributed by atoms with Gasteiger partial charge in [0.2, 0.25) is 0 Å². The van der Waals surface area contributed by atoms with Crippen LogP contribution in [0.2, 0.25) is 0 Å². The lowest BCUT2D eigenvalue weighted by Crippen LogP contribution is -2.25. The van der Waals surface area contributed by atoms with Crippen LogP contribution in [0, 0.1) is 5.82 Å². The fourth-order valence-corrected chi connectivity index (χ4v) is 2.27. The number of methoxy groups -OCH3 is 1. The molecular weight excluding hydrogens is 283 g/mol. The van der Waals surface area contributed by atoms with Gasteiger partial charge in [-0.05, 0) is 17.7 Å². The second kappa shape index (κ2) is 6.79. The smallest absolute Gasteiger partial charge is 0.172 e. The van der Waals surface area contributed by atoms with E-state index in [2.05, 4.69) is 0 Å². The number of benzene rings is 2. The molecule has 2 aromatic carbocycles. The predicted molar refractivity (Wildman–Crippen MR) is 83.8 cm³/mol. The number of hydrogen-bond acceptors (Lipinski definition) is 3. The number of hydrogen-bond donors (Lipinski definition) is 1. The maximum absolute atomic E-state index is 14.8. The number of aliphatic hydroxyl groups excluding tert-OH is 1. The van der Waals surface area contributed by atoms with Crippen molar-refractivity contribution in [3.63, 3.8) is 0 Å². The van der Waals surface area contributed by atoms with Crippen LogP contribution in [-0.4, -0.2) is 18.8 Å². The summed E-state index contributed by atoms with van der Waals surface area (Å²) in [5.74, 6) is 0.0686. The van der Waals surface area contributed by atoms with Crippen LogP contribution in [0.5, 0.6) is 11.5 Å². The van der Waals surface area contributed by atoms with Gasteiger partial charge in [0, 0.05) is 11.0 Å². The molecule has 0 bridgehead atoms. The van der Waals surface area contributed by atoms with Crippen molar-refractivity contribution >= 4 is 0 Å². The van der Waals surface area contributed by atoms with Crippen LogP contribution >= 0.6 is 0 Å². The summed E-state index contributed by atoms with van der Waals surface area (Å²) in [5.41, 5.74) is 0.519. The van der Waals surface area contributed by atoms with Gasteiger partial charge in [0.15, 0.2) is 11.6 Å². The molecule has 2 aromatic rings. The molecule has 22 heavy (non-hydrogen) atoms. The minimum absolute atomic E-state index is 0.154. The molecule has 1 N–H and O–H groups in total. The molecule has 0 radical (unpaired) electrons. The quantitative estimate of drug-likeness (QED) is 0.884. The molecule has 0 amide bonds. The zero-order valence-electron chi connectivity index (χ0n) is 13.1. The normalized spacial score (nSPS) is 11.3. The van der Waals surface area contributed by atoms with Crippen LogP contribution in [-0.2, 0) is 12.0 Å². The Hall–Kier alpha value is -2.07. The van der Waals surface area contributed by atoms with Gasteiger partial charge < -0.3 is 14.6 Å². The van der Waals surface area contributed by atoms with E-state index < -0.39 is 11.2 Å². The zero-order chi connectivity index (χ0) is 16.2. The summed E-state index contributed by atoms with van der Waals surface area (Å²) in [6.45, 7) is 3.61. The summed E-state index contributed by atoms with van der Waals surface area (Å²) in [4.78, 5) is 0. The summed E-state index contributed by atoms with van der Waals surface area (Å²) in [6.07, 6.45) is 0. The first-order valence-corrected chi connectivity index (χ1v) is 7.14. The maximum Gasteiger partial charge on any atom is 0.172 e. The topological polar surface area (TPSA) is 38.7 Å². The summed E-state index contributed by atoms with van der Waals surface area (Å²) < 4.78 is 25.6. The van der Waals surface area contributed by atoms with Gasteiger partial charge in [-0.2, -0.15) is 0 Å². The lowest BCUT2D eigenvalue weighted by molar-refractivity contribution is 0.208. The fourth-order valence-electron chi connectivity index (χ4n) is 2.27. The van der Waals surface area contributed by atoms with Gasteiger partial charge in [-0.25, -0.2) is 4.39 Å². The second-order valence-corrected chi connectivity index (χ2v) is 5.77. The molecular formula is C18H21FO3. The standard InChI is InChI=1S/C18H21FO3/c1-18(2,12-20)16-14(21-3)9-10-15(17(16)19)22-11-13-7-5-4-6-8-13/h4-10,20H,11-12H2,1-3H3. The van der Waals surface area contributed by atoms with Crippen molar-refractivity contribution in [2.24, 2.45) is 0 Å². The summed E-state index contributed by atoms with van der Waals surface area (Å²) >= 11 is 0. The van der Waals surface area contributed by atoms with Crippen molar-refractivity contribution in [2.45, 2.75) is 25.9 Å². The summed E-state index contributed by atoms with van der Waals surface area (Å²) in [5, 5.41) is 9.53. The molecule has 0 heterocycles. The largest absolute Gasteiger partial charge is 0.496 e.